The number of H-pyrrole nitrogens is 1. The molecule has 2 aliphatic rings. The number of carboxylic acid groups (broad SMARTS) is 1. The molecule has 0 radical (unpaired) electrons. The molecule has 1 saturated heterocycles. The summed E-state index contributed by atoms with van der Waals surface area (Å²) >= 11 is 0. The molecule has 180 valence electrons. The number of aromatic amines is 1. The van der Waals surface area contributed by atoms with Crippen molar-refractivity contribution in [2.24, 2.45) is 5.41 Å². The summed E-state index contributed by atoms with van der Waals surface area (Å²) < 4.78 is 54.3. The summed E-state index contributed by atoms with van der Waals surface area (Å²) in [5.41, 5.74) is -0.710. The summed E-state index contributed by atoms with van der Waals surface area (Å²) in [6.45, 7) is 3.98. The topological polar surface area (TPSA) is 111 Å². The van der Waals surface area contributed by atoms with Gasteiger partial charge in [0.25, 0.3) is 0 Å². The zero-order valence-corrected chi connectivity index (χ0v) is 19.4. The minimum Gasteiger partial charge on any atom is -0.465 e. The van der Waals surface area contributed by atoms with Crippen molar-refractivity contribution in [2.75, 3.05) is 31.7 Å². The van der Waals surface area contributed by atoms with Crippen LogP contribution in [0, 0.1) is 5.41 Å². The van der Waals surface area contributed by atoms with E-state index >= 15 is 0 Å². The third-order valence-electron chi connectivity index (χ3n) is 6.88. The van der Waals surface area contributed by atoms with Crippen LogP contribution >= 0.6 is 7.14 Å². The van der Waals surface area contributed by atoms with Crippen molar-refractivity contribution < 1.29 is 27.6 Å². The molecule has 1 saturated carbocycles. The van der Waals surface area contributed by atoms with Gasteiger partial charge in [0.15, 0.2) is 0 Å². The van der Waals surface area contributed by atoms with Gasteiger partial charge in [-0.3, -0.25) is 0 Å². The smallest absolute Gasteiger partial charge is 0.419 e. The summed E-state index contributed by atoms with van der Waals surface area (Å²) in [4.78, 5) is 23.6. The number of likely N-dealkylation sites (tertiary alicyclic amines) is 1. The Hall–Kier alpha value is -3.07. The highest BCUT2D eigenvalue weighted by Crippen LogP contribution is 2.49. The van der Waals surface area contributed by atoms with Gasteiger partial charge in [-0.1, -0.05) is 12.1 Å². The average molecular weight is 493 g/mol. The molecule has 5 rings (SSSR count). The number of nitrogens with zero attached hydrogens (tertiary/aromatic N) is 3. The third kappa shape index (κ3) is 3.62. The number of halogens is 3. The fraction of sp³-hybridized carbons (Fsp3) is 0.409. The highest BCUT2D eigenvalue weighted by molar-refractivity contribution is 7.70. The van der Waals surface area contributed by atoms with Gasteiger partial charge < -0.3 is 24.9 Å². The molecular formula is C22H23F3N5O3P. The molecule has 1 aromatic carbocycles. The standard InChI is InChI=1S/C22H23F3N5O3P/c1-34(2,33)15-5-3-4-12-13(8-26-18(12)15)17-14(22(23,24)25)9-27-19(29-17)28-16-6-7-21(16)10-30(11-21)20(31)32/h3-5,8-9,16,26H,6-7,10-11H2,1-2H3,(H,31,32)(H,27,28,29)/t16-/m1/s1. The molecular weight excluding hydrogens is 470 g/mol. The molecule has 8 nitrogen and oxygen atoms in total. The second-order valence-electron chi connectivity index (χ2n) is 9.44. The Morgan fingerprint density at radius 2 is 2.06 bits per heavy atom. The van der Waals surface area contributed by atoms with Crippen molar-refractivity contribution >= 4 is 35.4 Å². The number of carbonyl (C=O) groups is 1. The summed E-state index contributed by atoms with van der Waals surface area (Å²) in [5.74, 6) is 0.0583. The van der Waals surface area contributed by atoms with Gasteiger partial charge >= 0.3 is 12.3 Å². The van der Waals surface area contributed by atoms with Crippen LogP contribution in [-0.4, -0.2) is 63.5 Å². The Morgan fingerprint density at radius 3 is 2.65 bits per heavy atom. The summed E-state index contributed by atoms with van der Waals surface area (Å²) in [7, 11) is -2.68. The predicted molar refractivity (Wildman–Crippen MR) is 122 cm³/mol. The minimum absolute atomic E-state index is 0.0583. The van der Waals surface area contributed by atoms with E-state index in [1.165, 1.54) is 11.1 Å². The first-order valence-electron chi connectivity index (χ1n) is 10.7. The van der Waals surface area contributed by atoms with Crippen LogP contribution in [-0.2, 0) is 10.7 Å². The fourth-order valence-corrected chi connectivity index (χ4v) is 6.12. The SMILES string of the molecule is CP(C)(=O)c1cccc2c(-c3nc(N[C@@H]4CCC45CN(C(=O)O)C5)ncc3C(F)(F)F)c[nH]c12. The van der Waals surface area contributed by atoms with Crippen molar-refractivity contribution in [2.45, 2.75) is 25.1 Å². The van der Waals surface area contributed by atoms with Gasteiger partial charge in [0, 0.05) is 53.2 Å². The second-order valence-corrected chi connectivity index (χ2v) is 12.6. The number of para-hydroxylation sites is 1. The van der Waals surface area contributed by atoms with E-state index in [9.17, 15) is 22.5 Å². The van der Waals surface area contributed by atoms with Crippen molar-refractivity contribution in [1.29, 1.82) is 0 Å². The molecule has 2 fully saturated rings. The molecule has 1 aliphatic heterocycles. The molecule has 3 heterocycles. The number of amides is 1. The van der Waals surface area contributed by atoms with Gasteiger partial charge in [-0.2, -0.15) is 13.2 Å². The van der Waals surface area contributed by atoms with Crippen molar-refractivity contribution in [3.05, 3.63) is 36.2 Å². The fourth-order valence-electron chi connectivity index (χ4n) is 4.95. The predicted octanol–water partition coefficient (Wildman–Crippen LogP) is 4.45. The van der Waals surface area contributed by atoms with Crippen LogP contribution in [0.15, 0.2) is 30.6 Å². The maximum Gasteiger partial charge on any atom is 0.419 e. The van der Waals surface area contributed by atoms with Crippen LogP contribution in [0.3, 0.4) is 0 Å². The molecule has 1 amide bonds. The van der Waals surface area contributed by atoms with Crippen LogP contribution in [0.1, 0.15) is 18.4 Å². The van der Waals surface area contributed by atoms with E-state index in [4.69, 9.17) is 5.11 Å². The lowest BCUT2D eigenvalue weighted by Gasteiger charge is -2.59. The first kappa shape index (κ1) is 22.7. The number of alkyl halides is 3. The third-order valence-corrected chi connectivity index (χ3v) is 8.41. The number of benzene rings is 1. The lowest BCUT2D eigenvalue weighted by atomic mass is 9.59. The molecule has 2 aromatic heterocycles. The van der Waals surface area contributed by atoms with E-state index in [2.05, 4.69) is 20.3 Å². The second kappa shape index (κ2) is 7.46. The number of anilines is 1. The van der Waals surface area contributed by atoms with E-state index < -0.39 is 25.0 Å². The number of aromatic nitrogens is 3. The number of fused-ring (bicyclic) bond motifs is 1. The van der Waals surface area contributed by atoms with Crippen LogP contribution in [0.2, 0.25) is 0 Å². The van der Waals surface area contributed by atoms with Crippen LogP contribution in [0.25, 0.3) is 22.2 Å². The largest absolute Gasteiger partial charge is 0.465 e. The Bertz CT molecular complexity index is 1340. The number of rotatable bonds is 4. The molecule has 12 heteroatoms. The van der Waals surface area contributed by atoms with Gasteiger partial charge in [-0.15, -0.1) is 0 Å². The van der Waals surface area contributed by atoms with Crippen molar-refractivity contribution in [3.63, 3.8) is 0 Å². The molecule has 3 aromatic rings. The first-order valence-corrected chi connectivity index (χ1v) is 13.3. The van der Waals surface area contributed by atoms with Gasteiger partial charge in [0.05, 0.1) is 11.2 Å². The number of hydrogen-bond acceptors (Lipinski definition) is 5. The average Bonchev–Trinajstić information content (AvgIpc) is 3.12. The van der Waals surface area contributed by atoms with E-state index in [0.717, 1.165) is 19.0 Å². The Morgan fingerprint density at radius 1 is 1.32 bits per heavy atom. The highest BCUT2D eigenvalue weighted by atomic mass is 31.2. The van der Waals surface area contributed by atoms with Gasteiger partial charge in [-0.05, 0) is 32.2 Å². The zero-order chi connectivity index (χ0) is 24.5. The van der Waals surface area contributed by atoms with Gasteiger partial charge in [-0.25, -0.2) is 14.8 Å². The monoisotopic (exact) mass is 493 g/mol. The van der Waals surface area contributed by atoms with Crippen LogP contribution in [0.5, 0.6) is 0 Å². The molecule has 0 bridgehead atoms. The van der Waals surface area contributed by atoms with Gasteiger partial charge in [0.2, 0.25) is 5.95 Å². The van der Waals surface area contributed by atoms with E-state index in [1.54, 1.807) is 31.5 Å². The first-order chi connectivity index (χ1) is 15.9. The Balaban J connectivity index is 1.53. The Labute approximate surface area is 193 Å². The summed E-state index contributed by atoms with van der Waals surface area (Å²) in [6, 6.07) is 4.93. The molecule has 3 N–H and O–H groups in total. The number of nitrogens with one attached hydrogen (secondary N) is 2. The molecule has 1 aliphatic carbocycles. The zero-order valence-electron chi connectivity index (χ0n) is 18.5. The Kier molecular flexibility index (Phi) is 4.99. The number of hydrogen-bond donors (Lipinski definition) is 3. The van der Waals surface area contributed by atoms with Crippen molar-refractivity contribution in [3.8, 4) is 11.3 Å². The van der Waals surface area contributed by atoms with Crippen LogP contribution in [0.4, 0.5) is 23.9 Å². The van der Waals surface area contributed by atoms with E-state index in [0.29, 0.717) is 29.3 Å². The van der Waals surface area contributed by atoms with Crippen LogP contribution < -0.4 is 10.6 Å². The summed E-state index contributed by atoms with van der Waals surface area (Å²) in [5, 5.41) is 13.3. The van der Waals surface area contributed by atoms with E-state index in [1.807, 2.05) is 0 Å². The molecule has 0 unspecified atom stereocenters. The lowest BCUT2D eigenvalue weighted by Crippen LogP contribution is -2.69. The molecule has 1 atom stereocenters. The highest BCUT2D eigenvalue weighted by Gasteiger charge is 2.56. The molecule has 34 heavy (non-hydrogen) atoms. The normalized spacial score (nSPS) is 19.7. The maximum atomic E-state index is 13.9. The maximum absolute atomic E-state index is 13.9. The minimum atomic E-state index is -4.67. The van der Waals surface area contributed by atoms with Crippen molar-refractivity contribution in [1.82, 2.24) is 19.9 Å². The van der Waals surface area contributed by atoms with Gasteiger partial charge in [0.1, 0.15) is 12.7 Å². The lowest BCUT2D eigenvalue weighted by molar-refractivity contribution is -0.137. The summed E-state index contributed by atoms with van der Waals surface area (Å²) in [6.07, 6.45) is -1.84. The molecule has 1 spiro atoms. The van der Waals surface area contributed by atoms with E-state index in [-0.39, 0.29) is 28.7 Å². The quantitative estimate of drug-likeness (QED) is 0.464.